The number of benzene rings is 2. The van der Waals surface area contributed by atoms with Gasteiger partial charge >= 0.3 is 13.8 Å². The molecule has 4 aromatic rings. The minimum atomic E-state index is -5.01. The van der Waals surface area contributed by atoms with Crippen LogP contribution in [0.1, 0.15) is 51.7 Å². The number of aliphatic hydroxyl groups excluding tert-OH is 1. The molecule has 1 saturated carbocycles. The normalized spacial score (nSPS) is 22.8. The monoisotopic (exact) mass is 660 g/mol. The van der Waals surface area contributed by atoms with E-state index in [4.69, 9.17) is 36.0 Å². The van der Waals surface area contributed by atoms with Crippen LogP contribution in [0.3, 0.4) is 0 Å². The molecular weight excluding hydrogens is 627 g/mol. The van der Waals surface area contributed by atoms with Gasteiger partial charge in [0.2, 0.25) is 5.28 Å². The van der Waals surface area contributed by atoms with Crippen LogP contribution in [0.15, 0.2) is 48.8 Å². The summed E-state index contributed by atoms with van der Waals surface area (Å²) >= 11 is 5.97. The molecule has 0 amide bonds. The van der Waals surface area contributed by atoms with Crippen molar-refractivity contribution in [2.45, 2.75) is 76.0 Å². The topological polar surface area (TPSA) is 184 Å². The van der Waals surface area contributed by atoms with Gasteiger partial charge in [-0.3, -0.25) is 18.8 Å². The summed E-state index contributed by atoms with van der Waals surface area (Å²) in [5.41, 5.74) is 7.08. The highest BCUT2D eigenvalue weighted by Crippen LogP contribution is 2.49. The van der Waals surface area contributed by atoms with Crippen LogP contribution in [0.4, 0.5) is 11.5 Å². The molecule has 5 atom stereocenters. The lowest BCUT2D eigenvalue weighted by Gasteiger charge is -2.34. The van der Waals surface area contributed by atoms with Crippen molar-refractivity contribution >= 4 is 58.8 Å². The molecular formula is C29H34ClN6O8P. The van der Waals surface area contributed by atoms with E-state index in [2.05, 4.69) is 15.0 Å². The van der Waals surface area contributed by atoms with Crippen LogP contribution >= 0.6 is 19.4 Å². The van der Waals surface area contributed by atoms with E-state index >= 15 is 0 Å². The van der Waals surface area contributed by atoms with E-state index in [1.54, 1.807) is 6.92 Å². The predicted molar refractivity (Wildman–Crippen MR) is 165 cm³/mol. The molecule has 0 bridgehead atoms. The van der Waals surface area contributed by atoms with E-state index in [1.807, 2.05) is 42.5 Å². The summed E-state index contributed by atoms with van der Waals surface area (Å²) in [6, 6.07) is 12.2. The molecule has 2 aromatic carbocycles. The Hall–Kier alpha value is -3.36. The Labute approximate surface area is 263 Å². The van der Waals surface area contributed by atoms with E-state index in [1.165, 1.54) is 16.0 Å². The molecule has 3 heterocycles. The minimum absolute atomic E-state index is 0.0111. The van der Waals surface area contributed by atoms with E-state index in [-0.39, 0.29) is 34.8 Å². The smallest absolute Gasteiger partial charge is 0.394 e. The molecule has 1 aliphatic carbocycles. The van der Waals surface area contributed by atoms with Crippen molar-refractivity contribution in [3.63, 3.8) is 0 Å². The molecule has 0 radical (unpaired) electrons. The van der Waals surface area contributed by atoms with Gasteiger partial charge in [0, 0.05) is 11.8 Å². The number of nitrogens with two attached hydrogens (primary N) is 1. The van der Waals surface area contributed by atoms with Gasteiger partial charge in [0.05, 0.1) is 24.7 Å². The van der Waals surface area contributed by atoms with E-state index in [0.29, 0.717) is 5.69 Å². The molecule has 4 N–H and O–H groups in total. The van der Waals surface area contributed by atoms with Crippen molar-refractivity contribution in [2.24, 2.45) is 0 Å². The summed E-state index contributed by atoms with van der Waals surface area (Å²) in [5, 5.41) is 13.1. The third-order valence-corrected chi connectivity index (χ3v) is 9.19. The first-order chi connectivity index (χ1) is 21.6. The first kappa shape index (κ1) is 31.6. The van der Waals surface area contributed by atoms with Gasteiger partial charge in [-0.25, -0.2) is 19.4 Å². The van der Waals surface area contributed by atoms with Crippen LogP contribution in [0.25, 0.3) is 21.9 Å². The summed E-state index contributed by atoms with van der Waals surface area (Å²) in [7, 11) is -5.01. The number of hydrogen-bond acceptors (Lipinski definition) is 12. The maximum absolute atomic E-state index is 13.4. The number of anilines is 2. The van der Waals surface area contributed by atoms with Gasteiger partial charge in [0.15, 0.2) is 17.5 Å². The summed E-state index contributed by atoms with van der Waals surface area (Å²) in [6.45, 7) is 1.00. The van der Waals surface area contributed by atoms with Gasteiger partial charge in [-0.15, -0.1) is 0 Å². The van der Waals surface area contributed by atoms with Crippen LogP contribution in [0.2, 0.25) is 5.28 Å². The molecule has 2 aromatic heterocycles. The lowest BCUT2D eigenvalue weighted by molar-refractivity contribution is -0.141. The average Bonchev–Trinajstić information content (AvgIpc) is 3.63. The Morgan fingerprint density at radius 2 is 1.96 bits per heavy atom. The largest absolute Gasteiger partial charge is 0.530 e. The fraction of sp³-hybridized carbons (Fsp3) is 0.448. The molecule has 16 heteroatoms. The number of halogens is 1. The standard InChI is InChI=1S/C29H34ClN6O8P/c1-17(36(42-19-10-3-2-4-11-19)21-13-7-9-18-8-5-6-12-20(18)21)28(38)44-45(39,40)43-22-14-24(41-23(22)15-37)35-16-32-25-26(31)33-29(30)34-27(25)35/h5-9,12-13,16-17,19,22-24,37H,2-4,10-11,14-15H2,1H3,(H,39,40)(H2,31,33,34)/t17-,22-,23+,24+/m0/s1. The summed E-state index contributed by atoms with van der Waals surface area (Å²) < 4.78 is 31.1. The number of phosphoric acid groups is 1. The summed E-state index contributed by atoms with van der Waals surface area (Å²) in [4.78, 5) is 42.8. The van der Waals surface area contributed by atoms with Crippen molar-refractivity contribution in [3.05, 3.63) is 54.1 Å². The zero-order chi connectivity index (χ0) is 31.7. The Kier molecular flexibility index (Phi) is 9.25. The molecule has 14 nitrogen and oxygen atoms in total. The molecule has 2 aliphatic rings. The molecule has 0 spiro atoms. The van der Waals surface area contributed by atoms with Crippen LogP contribution in [0.5, 0.6) is 0 Å². The number of carbonyl (C=O) groups is 1. The van der Waals surface area contributed by atoms with Gasteiger partial charge in [0.25, 0.3) is 0 Å². The summed E-state index contributed by atoms with van der Waals surface area (Å²) in [6.07, 6.45) is 3.07. The molecule has 2 fully saturated rings. The van der Waals surface area contributed by atoms with Crippen LogP contribution in [-0.4, -0.2) is 66.4 Å². The van der Waals surface area contributed by atoms with Crippen molar-refractivity contribution in [2.75, 3.05) is 17.4 Å². The van der Waals surface area contributed by atoms with Gasteiger partial charge in [-0.05, 0) is 42.8 Å². The second-order valence-electron chi connectivity index (χ2n) is 11.1. The third kappa shape index (κ3) is 6.77. The van der Waals surface area contributed by atoms with Gasteiger partial charge < -0.3 is 20.1 Å². The fourth-order valence-corrected chi connectivity index (χ4v) is 6.99. The van der Waals surface area contributed by atoms with Gasteiger partial charge in [-0.2, -0.15) is 9.97 Å². The number of rotatable bonds is 10. The average molecular weight is 661 g/mol. The van der Waals surface area contributed by atoms with Crippen molar-refractivity contribution in [1.29, 1.82) is 0 Å². The maximum atomic E-state index is 13.4. The highest BCUT2D eigenvalue weighted by Gasteiger charge is 2.44. The van der Waals surface area contributed by atoms with E-state index < -0.39 is 44.9 Å². The predicted octanol–water partition coefficient (Wildman–Crippen LogP) is 4.68. The van der Waals surface area contributed by atoms with Gasteiger partial charge in [-0.1, -0.05) is 55.7 Å². The fourth-order valence-electron chi connectivity index (χ4n) is 5.83. The summed E-state index contributed by atoms with van der Waals surface area (Å²) in [5.74, 6) is -0.956. The maximum Gasteiger partial charge on any atom is 0.530 e. The highest BCUT2D eigenvalue weighted by molar-refractivity contribution is 7.48. The van der Waals surface area contributed by atoms with Crippen LogP contribution < -0.4 is 10.8 Å². The second kappa shape index (κ2) is 13.2. The quantitative estimate of drug-likeness (QED) is 0.121. The van der Waals surface area contributed by atoms with Crippen LogP contribution in [0, 0.1) is 0 Å². The Morgan fingerprint density at radius 3 is 2.73 bits per heavy atom. The Morgan fingerprint density at radius 1 is 1.20 bits per heavy atom. The molecule has 240 valence electrons. The Bertz CT molecular complexity index is 1730. The number of ether oxygens (including phenoxy) is 1. The lowest BCUT2D eigenvalue weighted by Crippen LogP contribution is -2.43. The van der Waals surface area contributed by atoms with Crippen molar-refractivity contribution in [3.8, 4) is 0 Å². The molecule has 6 rings (SSSR count). The number of hydrogen-bond donors (Lipinski definition) is 3. The van der Waals surface area contributed by atoms with E-state index in [0.717, 1.165) is 42.9 Å². The van der Waals surface area contributed by atoms with Crippen LogP contribution in [-0.2, 0) is 28.0 Å². The van der Waals surface area contributed by atoms with E-state index in [9.17, 15) is 19.4 Å². The van der Waals surface area contributed by atoms with Gasteiger partial charge in [0.1, 0.15) is 24.0 Å². The number of nitrogens with zero attached hydrogens (tertiary/aromatic N) is 5. The van der Waals surface area contributed by atoms with Crippen molar-refractivity contribution < 1.29 is 38.0 Å². The SMILES string of the molecule is C[C@@H](C(=O)OP(=O)(O)O[C@H]1C[C@H](n2cnc3c(N)nc(Cl)nc32)O[C@@H]1CO)N(OC1CCCCC1)c1cccc2ccccc12. The van der Waals surface area contributed by atoms with Crippen molar-refractivity contribution in [1.82, 2.24) is 19.5 Å². The first-order valence-electron chi connectivity index (χ1n) is 14.7. The molecule has 1 unspecified atom stereocenters. The number of hydroxylamine groups is 1. The Balaban J connectivity index is 1.19. The number of imidazole rings is 1. The third-order valence-electron chi connectivity index (χ3n) is 8.08. The zero-order valence-corrected chi connectivity index (χ0v) is 26.1. The number of fused-ring (bicyclic) bond motifs is 2. The highest BCUT2D eigenvalue weighted by atomic mass is 35.5. The number of phosphoric ester groups is 1. The second-order valence-corrected chi connectivity index (χ2v) is 12.8. The molecule has 1 aliphatic heterocycles. The first-order valence-corrected chi connectivity index (χ1v) is 16.6. The number of aliphatic hydroxyl groups is 1. The lowest BCUT2D eigenvalue weighted by atomic mass is 9.98. The zero-order valence-electron chi connectivity index (χ0n) is 24.4. The minimum Gasteiger partial charge on any atom is -0.394 e. The number of aromatic nitrogens is 4. The number of nitrogen functional groups attached to an aromatic ring is 1. The molecule has 1 saturated heterocycles. The molecule has 45 heavy (non-hydrogen) atoms. The number of carbonyl (C=O) groups excluding carboxylic acids is 1.